The van der Waals surface area contributed by atoms with Gasteiger partial charge in [0.05, 0.1) is 13.2 Å². The fourth-order valence-electron chi connectivity index (χ4n) is 1.40. The molecule has 2 rings (SSSR count). The van der Waals surface area contributed by atoms with Crippen molar-refractivity contribution in [1.29, 1.82) is 0 Å². The zero-order valence-electron chi connectivity index (χ0n) is 7.40. The molecule has 1 saturated heterocycles. The molecule has 0 bridgehead atoms. The Morgan fingerprint density at radius 1 is 1.36 bits per heavy atom. The molecule has 0 unspecified atom stereocenters. The summed E-state index contributed by atoms with van der Waals surface area (Å²) in [4.78, 5) is 10.7. The molecule has 1 aromatic carbocycles. The average molecular weight is 194 g/mol. The quantitative estimate of drug-likeness (QED) is 0.504. The van der Waals surface area contributed by atoms with E-state index in [1.54, 1.807) is 0 Å². The van der Waals surface area contributed by atoms with Crippen molar-refractivity contribution < 1.29 is 18.5 Å². The van der Waals surface area contributed by atoms with Crippen molar-refractivity contribution in [3.8, 4) is 0 Å². The summed E-state index contributed by atoms with van der Waals surface area (Å²) in [5.41, 5.74) is 0.857. The molecular formula is C9H8BFO3. The number of halogens is 1. The minimum Gasteiger partial charge on any atom is -0.405 e. The Kier molecular flexibility index (Phi) is 2.61. The van der Waals surface area contributed by atoms with Crippen LogP contribution in [0.5, 0.6) is 0 Å². The lowest BCUT2D eigenvalue weighted by Crippen LogP contribution is -2.34. The van der Waals surface area contributed by atoms with Gasteiger partial charge in [-0.3, -0.25) is 4.79 Å². The third-order valence-electron chi connectivity index (χ3n) is 2.05. The van der Waals surface area contributed by atoms with Crippen LogP contribution in [-0.4, -0.2) is 26.6 Å². The normalized spacial score (nSPS) is 15.9. The standard InChI is InChI=1S/C9H8BFO3/c11-8-1-2-9(7(5-8)6-12)10-13-3-4-14-10/h1-2,5-6H,3-4H2. The third kappa shape index (κ3) is 1.69. The fraction of sp³-hybridized carbons (Fsp3) is 0.222. The summed E-state index contributed by atoms with van der Waals surface area (Å²) in [7, 11) is -0.532. The van der Waals surface area contributed by atoms with Gasteiger partial charge in [-0.05, 0) is 17.6 Å². The summed E-state index contributed by atoms with van der Waals surface area (Å²) < 4.78 is 23.2. The minimum atomic E-state index is -0.532. The predicted octanol–water partition coefficient (Wildman–Crippen LogP) is 0.380. The van der Waals surface area contributed by atoms with Crippen molar-refractivity contribution in [3.63, 3.8) is 0 Å². The van der Waals surface area contributed by atoms with Gasteiger partial charge in [0, 0.05) is 5.56 Å². The Morgan fingerprint density at radius 3 is 2.71 bits per heavy atom. The van der Waals surface area contributed by atoms with Gasteiger partial charge in [0.25, 0.3) is 0 Å². The van der Waals surface area contributed by atoms with Crippen molar-refractivity contribution in [2.24, 2.45) is 0 Å². The number of carbonyl (C=O) groups excluding carboxylic acids is 1. The van der Waals surface area contributed by atoms with Gasteiger partial charge >= 0.3 is 7.12 Å². The first-order valence-corrected chi connectivity index (χ1v) is 4.29. The highest BCUT2D eigenvalue weighted by atomic mass is 19.1. The monoisotopic (exact) mass is 194 g/mol. The summed E-state index contributed by atoms with van der Waals surface area (Å²) in [6, 6.07) is 3.97. The molecule has 72 valence electrons. The van der Waals surface area contributed by atoms with Gasteiger partial charge in [0.15, 0.2) is 0 Å². The van der Waals surface area contributed by atoms with Crippen LogP contribution in [0.15, 0.2) is 18.2 Å². The molecule has 1 aromatic rings. The number of aldehydes is 1. The number of benzene rings is 1. The van der Waals surface area contributed by atoms with Gasteiger partial charge in [0.2, 0.25) is 0 Å². The van der Waals surface area contributed by atoms with Crippen LogP contribution in [0.1, 0.15) is 10.4 Å². The molecule has 5 heteroatoms. The number of carbonyl (C=O) groups is 1. The molecular weight excluding hydrogens is 186 g/mol. The van der Waals surface area contributed by atoms with E-state index in [4.69, 9.17) is 9.31 Å². The zero-order chi connectivity index (χ0) is 9.97. The molecule has 0 N–H and O–H groups in total. The lowest BCUT2D eigenvalue weighted by molar-refractivity contribution is 0.112. The second-order valence-electron chi connectivity index (χ2n) is 2.96. The minimum absolute atomic E-state index is 0.275. The SMILES string of the molecule is O=Cc1cc(F)ccc1B1OCCO1. The molecule has 0 amide bonds. The molecule has 0 spiro atoms. The van der Waals surface area contributed by atoms with E-state index in [0.717, 1.165) is 0 Å². The van der Waals surface area contributed by atoms with Crippen LogP contribution in [0.25, 0.3) is 0 Å². The summed E-state index contributed by atoms with van der Waals surface area (Å²) in [6.45, 7) is 1.00. The van der Waals surface area contributed by atoms with Gasteiger partial charge in [-0.1, -0.05) is 6.07 Å². The first-order chi connectivity index (χ1) is 6.81. The molecule has 1 heterocycles. The summed E-state index contributed by atoms with van der Waals surface area (Å²) in [5.74, 6) is -0.436. The van der Waals surface area contributed by atoms with E-state index in [-0.39, 0.29) is 5.56 Å². The molecule has 0 aliphatic carbocycles. The highest BCUT2D eigenvalue weighted by Gasteiger charge is 2.28. The van der Waals surface area contributed by atoms with Crippen molar-refractivity contribution in [3.05, 3.63) is 29.6 Å². The second-order valence-corrected chi connectivity index (χ2v) is 2.96. The van der Waals surface area contributed by atoms with E-state index in [9.17, 15) is 9.18 Å². The van der Waals surface area contributed by atoms with E-state index < -0.39 is 12.9 Å². The molecule has 1 fully saturated rings. The summed E-state index contributed by atoms with van der Waals surface area (Å²) in [5, 5.41) is 0. The second kappa shape index (κ2) is 3.90. The van der Waals surface area contributed by atoms with Gasteiger partial charge in [0.1, 0.15) is 12.1 Å². The number of rotatable bonds is 2. The van der Waals surface area contributed by atoms with Crippen LogP contribution in [0.3, 0.4) is 0 Å². The van der Waals surface area contributed by atoms with Crippen molar-refractivity contribution >= 4 is 18.9 Å². The van der Waals surface area contributed by atoms with Crippen molar-refractivity contribution in [2.45, 2.75) is 0 Å². The molecule has 0 saturated carbocycles. The lowest BCUT2D eigenvalue weighted by atomic mass is 9.76. The molecule has 0 aromatic heterocycles. The molecule has 3 nitrogen and oxygen atoms in total. The Morgan fingerprint density at radius 2 is 2.07 bits per heavy atom. The maximum Gasteiger partial charge on any atom is 0.494 e. The van der Waals surface area contributed by atoms with Gasteiger partial charge < -0.3 is 9.31 Å². The van der Waals surface area contributed by atoms with E-state index in [1.807, 2.05) is 0 Å². The molecule has 1 aliphatic rings. The summed E-state index contributed by atoms with van der Waals surface area (Å²) in [6.07, 6.45) is 0.601. The average Bonchev–Trinajstić information content (AvgIpc) is 2.70. The smallest absolute Gasteiger partial charge is 0.405 e. The predicted molar refractivity (Wildman–Crippen MR) is 49.1 cm³/mol. The van der Waals surface area contributed by atoms with E-state index in [2.05, 4.69) is 0 Å². The zero-order valence-corrected chi connectivity index (χ0v) is 7.40. The van der Waals surface area contributed by atoms with Crippen LogP contribution in [0.4, 0.5) is 4.39 Å². The van der Waals surface area contributed by atoms with Crippen LogP contribution in [-0.2, 0) is 9.31 Å². The van der Waals surface area contributed by atoms with Crippen molar-refractivity contribution in [1.82, 2.24) is 0 Å². The fourth-order valence-corrected chi connectivity index (χ4v) is 1.40. The maximum atomic E-state index is 12.8. The topological polar surface area (TPSA) is 35.5 Å². The Labute approximate surface area is 81.0 Å². The van der Waals surface area contributed by atoms with Gasteiger partial charge in [-0.15, -0.1) is 0 Å². The van der Waals surface area contributed by atoms with Gasteiger partial charge in [-0.25, -0.2) is 4.39 Å². The number of hydrogen-bond acceptors (Lipinski definition) is 3. The van der Waals surface area contributed by atoms with Crippen LogP contribution in [0, 0.1) is 5.82 Å². The largest absolute Gasteiger partial charge is 0.494 e. The van der Waals surface area contributed by atoms with E-state index >= 15 is 0 Å². The van der Waals surface area contributed by atoms with E-state index in [1.165, 1.54) is 18.2 Å². The Balaban J connectivity index is 2.35. The molecule has 14 heavy (non-hydrogen) atoms. The maximum absolute atomic E-state index is 12.8. The van der Waals surface area contributed by atoms with Crippen molar-refractivity contribution in [2.75, 3.05) is 13.2 Å². The molecule has 0 radical (unpaired) electrons. The van der Waals surface area contributed by atoms with Crippen LogP contribution < -0.4 is 5.46 Å². The molecule has 0 atom stereocenters. The highest BCUT2D eigenvalue weighted by Crippen LogP contribution is 2.05. The lowest BCUT2D eigenvalue weighted by Gasteiger charge is -2.06. The number of hydrogen-bond donors (Lipinski definition) is 0. The highest BCUT2D eigenvalue weighted by molar-refractivity contribution is 6.63. The first-order valence-electron chi connectivity index (χ1n) is 4.29. The first kappa shape index (κ1) is 9.36. The molecule has 1 aliphatic heterocycles. The summed E-state index contributed by atoms with van der Waals surface area (Å²) >= 11 is 0. The van der Waals surface area contributed by atoms with Crippen LogP contribution in [0.2, 0.25) is 0 Å². The van der Waals surface area contributed by atoms with E-state index in [0.29, 0.717) is 25.0 Å². The van der Waals surface area contributed by atoms with Crippen LogP contribution >= 0.6 is 0 Å². The van der Waals surface area contributed by atoms with Gasteiger partial charge in [-0.2, -0.15) is 0 Å². The third-order valence-corrected chi connectivity index (χ3v) is 2.05. The Bertz CT molecular complexity index is 350. The Hall–Kier alpha value is -1.20.